The molecule has 0 fully saturated rings. The molecule has 7 unspecified atom stereocenters. The second-order valence-corrected chi connectivity index (χ2v) is 14.5. The van der Waals surface area contributed by atoms with Crippen LogP contribution in [-0.2, 0) is 44.8 Å². The quantitative estimate of drug-likeness (QED) is 0.0293. The van der Waals surface area contributed by atoms with Gasteiger partial charge in [-0.1, -0.05) is 58.0 Å². The Balaban J connectivity index is 0.00000773. The number of carboxylic acids is 2. The van der Waals surface area contributed by atoms with Crippen molar-refractivity contribution in [2.45, 2.75) is 122 Å². The van der Waals surface area contributed by atoms with Crippen LogP contribution in [0.2, 0.25) is 0 Å². The molecule has 0 aliphatic rings. The summed E-state index contributed by atoms with van der Waals surface area (Å²) < 4.78 is 0. The predicted octanol–water partition coefficient (Wildman–Crippen LogP) is -2.44. The van der Waals surface area contributed by atoms with E-state index >= 15 is 0 Å². The molecule has 7 atom stereocenters. The highest BCUT2D eigenvalue weighted by atomic mass is 16.4. The first-order valence-electron chi connectivity index (χ1n) is 18.7. The number of primary amides is 1. The van der Waals surface area contributed by atoms with E-state index in [9.17, 15) is 43.8 Å². The summed E-state index contributed by atoms with van der Waals surface area (Å²) in [5, 5.41) is 39.5. The van der Waals surface area contributed by atoms with Crippen molar-refractivity contribution in [2.24, 2.45) is 39.8 Å². The Bertz CT molecular complexity index is 1550. The van der Waals surface area contributed by atoms with Crippen molar-refractivity contribution in [3.8, 4) is 0 Å². The molecule has 1 rings (SSSR count). The number of carbonyl (C=O) groups excluding carboxylic acids is 6. The molecule has 58 heavy (non-hydrogen) atoms. The fraction of sp³-hybridized carbons (Fsp3) is 0.595. The highest BCUT2D eigenvalue weighted by Gasteiger charge is 2.34. The number of aliphatic hydroxyl groups is 1. The average molecular weight is 823 g/mol. The van der Waals surface area contributed by atoms with Gasteiger partial charge in [-0.25, -0.2) is 4.79 Å². The predicted molar refractivity (Wildman–Crippen MR) is 213 cm³/mol. The molecule has 0 heterocycles. The van der Waals surface area contributed by atoms with E-state index in [2.05, 4.69) is 31.6 Å². The Morgan fingerprint density at radius 1 is 0.655 bits per heavy atom. The van der Waals surface area contributed by atoms with Crippen LogP contribution in [0.3, 0.4) is 0 Å². The lowest BCUT2D eigenvalue weighted by Gasteiger charge is -2.28. The minimum atomic E-state index is -1.67. The van der Waals surface area contributed by atoms with Gasteiger partial charge in [0.05, 0.1) is 12.5 Å². The number of aliphatic hydroxyl groups excluding tert-OH is 1. The molecule has 0 aliphatic carbocycles. The molecule has 1 aromatic carbocycles. The molecule has 0 saturated carbocycles. The monoisotopic (exact) mass is 822 g/mol. The van der Waals surface area contributed by atoms with Gasteiger partial charge in [-0.3, -0.25) is 38.6 Å². The number of rotatable bonds is 24. The third-order valence-electron chi connectivity index (χ3n) is 8.02. The number of benzene rings is 1. The maximum absolute atomic E-state index is 13.9. The molecule has 0 aliphatic heterocycles. The highest BCUT2D eigenvalue weighted by molar-refractivity contribution is 5.97. The topological polar surface area (TPSA) is 374 Å². The number of guanidine groups is 1. The summed E-state index contributed by atoms with van der Waals surface area (Å²) in [6.45, 7) is 9.74. The molecule has 21 heteroatoms. The lowest BCUT2D eigenvalue weighted by atomic mass is 9.98. The molecule has 0 saturated heterocycles. The SMILES string of the molecule is CC(=O)O.CC(C)CC(NC(=O)C(CC(C)C)NC(=O)C(Cc1ccccc1)NC(=O)C(N)C(C)O)C(=O)NC(CCCN=C(N)N)C(=O)NC(CC(N)=O)C(=O)O. The Hall–Kier alpha value is -5.83. The summed E-state index contributed by atoms with van der Waals surface area (Å²) in [7, 11) is 0. The van der Waals surface area contributed by atoms with Gasteiger partial charge in [0.15, 0.2) is 5.96 Å². The van der Waals surface area contributed by atoms with Crippen molar-refractivity contribution in [3.05, 3.63) is 35.9 Å². The molecular formula is C37H62N10O11. The van der Waals surface area contributed by atoms with E-state index in [-0.39, 0.29) is 56.4 Å². The standard InChI is InChI=1S/C35H58N10O9.C2H4O2/c1-18(2)14-23(30(49)41-22(12-9-13-40-35(38)39)29(48)45-26(34(53)54)17-27(36)47)42-31(50)24(15-19(3)4)43-32(51)25(16-21-10-7-6-8-11-21)44-33(52)28(37)20(5)46;1-2(3)4/h6-8,10-11,18-20,22-26,28,46H,9,12-17,37H2,1-5H3,(H2,36,47)(H,41,49)(H,42,50)(H,43,51)(H,44,52)(H,45,48)(H,53,54)(H4,38,39,40);1H3,(H,3,4). The largest absolute Gasteiger partial charge is 0.481 e. The number of nitrogens with one attached hydrogen (secondary N) is 5. The normalized spacial score (nSPS) is 14.4. The Labute approximate surface area is 337 Å². The van der Waals surface area contributed by atoms with Crippen LogP contribution < -0.4 is 49.5 Å². The van der Waals surface area contributed by atoms with Crippen LogP contribution in [-0.4, -0.2) is 118 Å². The zero-order valence-electron chi connectivity index (χ0n) is 33.9. The number of carbonyl (C=O) groups is 8. The molecule has 16 N–H and O–H groups in total. The number of carboxylic acid groups (broad SMARTS) is 2. The van der Waals surface area contributed by atoms with Crippen LogP contribution >= 0.6 is 0 Å². The number of hydrogen-bond donors (Lipinski definition) is 12. The van der Waals surface area contributed by atoms with Gasteiger partial charge in [0.25, 0.3) is 5.97 Å². The zero-order valence-corrected chi connectivity index (χ0v) is 33.9. The van der Waals surface area contributed by atoms with Crippen molar-refractivity contribution < 1.29 is 53.7 Å². The Morgan fingerprint density at radius 2 is 1.07 bits per heavy atom. The Kier molecular flexibility index (Phi) is 24.2. The summed E-state index contributed by atoms with van der Waals surface area (Å²) in [6, 6.07) is 0.883. The fourth-order valence-electron chi connectivity index (χ4n) is 5.21. The second kappa shape index (κ2) is 26.9. The van der Waals surface area contributed by atoms with Crippen LogP contribution in [0.1, 0.15) is 79.2 Å². The molecule has 0 radical (unpaired) electrons. The lowest BCUT2D eigenvalue weighted by molar-refractivity contribution is -0.143. The van der Waals surface area contributed by atoms with Crippen molar-refractivity contribution in [2.75, 3.05) is 6.54 Å². The second-order valence-electron chi connectivity index (χ2n) is 14.5. The molecule has 1 aromatic rings. The number of aliphatic carboxylic acids is 2. The van der Waals surface area contributed by atoms with E-state index in [0.29, 0.717) is 5.56 Å². The van der Waals surface area contributed by atoms with Gasteiger partial charge in [0.1, 0.15) is 36.3 Å². The fourth-order valence-corrected chi connectivity index (χ4v) is 5.21. The van der Waals surface area contributed by atoms with Gasteiger partial charge in [0, 0.05) is 19.9 Å². The van der Waals surface area contributed by atoms with E-state index in [1.54, 1.807) is 44.2 Å². The van der Waals surface area contributed by atoms with E-state index in [1.165, 1.54) is 6.92 Å². The van der Waals surface area contributed by atoms with Gasteiger partial charge in [-0.05, 0) is 50.0 Å². The summed E-state index contributed by atoms with van der Waals surface area (Å²) >= 11 is 0. The minimum Gasteiger partial charge on any atom is -0.481 e. The minimum absolute atomic E-state index is 0.0359. The van der Waals surface area contributed by atoms with Crippen LogP contribution in [0.4, 0.5) is 0 Å². The third-order valence-corrected chi connectivity index (χ3v) is 8.02. The maximum Gasteiger partial charge on any atom is 0.326 e. The van der Waals surface area contributed by atoms with Crippen LogP contribution in [0, 0.1) is 11.8 Å². The van der Waals surface area contributed by atoms with Crippen molar-refractivity contribution in [1.82, 2.24) is 26.6 Å². The summed E-state index contributed by atoms with van der Waals surface area (Å²) in [4.78, 5) is 103. The number of hydrogen-bond acceptors (Lipinski definition) is 11. The summed E-state index contributed by atoms with van der Waals surface area (Å²) in [6.07, 6.45) is -1.51. The van der Waals surface area contributed by atoms with Crippen molar-refractivity contribution in [1.29, 1.82) is 0 Å². The molecule has 326 valence electrons. The molecular weight excluding hydrogens is 760 g/mol. The Morgan fingerprint density at radius 3 is 1.48 bits per heavy atom. The van der Waals surface area contributed by atoms with Crippen molar-refractivity contribution in [3.63, 3.8) is 0 Å². The first kappa shape index (κ1) is 52.2. The van der Waals surface area contributed by atoms with Crippen LogP contribution in [0.25, 0.3) is 0 Å². The first-order valence-corrected chi connectivity index (χ1v) is 18.7. The first-order chi connectivity index (χ1) is 26.9. The van der Waals surface area contributed by atoms with Crippen LogP contribution in [0.15, 0.2) is 35.3 Å². The smallest absolute Gasteiger partial charge is 0.326 e. The number of amides is 6. The molecule has 0 bridgehead atoms. The zero-order chi connectivity index (χ0) is 44.7. The molecule has 21 nitrogen and oxygen atoms in total. The summed E-state index contributed by atoms with van der Waals surface area (Å²) in [5.74, 6) is -7.72. The number of nitrogens with zero attached hydrogens (tertiary/aromatic N) is 1. The molecule has 0 aromatic heterocycles. The van der Waals surface area contributed by atoms with Gasteiger partial charge in [-0.15, -0.1) is 0 Å². The number of aliphatic imine (C=N–C) groups is 1. The highest BCUT2D eigenvalue weighted by Crippen LogP contribution is 2.12. The third kappa shape index (κ3) is 22.7. The molecule has 6 amide bonds. The van der Waals surface area contributed by atoms with Crippen molar-refractivity contribution >= 4 is 53.3 Å². The van der Waals surface area contributed by atoms with E-state index in [1.807, 2.05) is 13.8 Å². The number of nitrogens with two attached hydrogens (primary N) is 4. The molecule has 0 spiro atoms. The van der Waals surface area contributed by atoms with E-state index in [4.69, 9.17) is 32.8 Å². The van der Waals surface area contributed by atoms with Crippen LogP contribution in [0.5, 0.6) is 0 Å². The average Bonchev–Trinajstić information content (AvgIpc) is 3.10. The van der Waals surface area contributed by atoms with Gasteiger partial charge in [0.2, 0.25) is 35.4 Å². The lowest BCUT2D eigenvalue weighted by Crippen LogP contribution is -2.60. The van der Waals surface area contributed by atoms with Gasteiger partial charge < -0.3 is 64.8 Å². The van der Waals surface area contributed by atoms with Gasteiger partial charge in [-0.2, -0.15) is 0 Å². The van der Waals surface area contributed by atoms with E-state index in [0.717, 1.165) is 6.92 Å². The van der Waals surface area contributed by atoms with E-state index < -0.39 is 96.2 Å². The maximum atomic E-state index is 13.9. The van der Waals surface area contributed by atoms with Gasteiger partial charge >= 0.3 is 5.97 Å². The summed E-state index contributed by atoms with van der Waals surface area (Å²) in [5.41, 5.74) is 22.4.